The lowest BCUT2D eigenvalue weighted by Crippen LogP contribution is -2.58. The number of fused-ring (bicyclic) bond motifs is 1. The second-order valence-electron chi connectivity index (χ2n) is 14.3. The van der Waals surface area contributed by atoms with Crippen LogP contribution >= 0.6 is 0 Å². The molecule has 54 heavy (non-hydrogen) atoms. The molecule has 0 spiro atoms. The highest BCUT2D eigenvalue weighted by Crippen LogP contribution is 2.22. The number of carbonyl (C=O) groups excluding carboxylic acids is 4. The number of benzene rings is 1. The number of pyridine rings is 1. The topological polar surface area (TPSA) is 188 Å². The summed E-state index contributed by atoms with van der Waals surface area (Å²) in [5.41, 5.74) is 2.38. The Hall–Kier alpha value is -4.57. The van der Waals surface area contributed by atoms with Crippen LogP contribution in [0.2, 0.25) is 0 Å². The number of nitrogens with one attached hydrogen (secondary N) is 3. The Morgan fingerprint density at radius 3 is 2.17 bits per heavy atom. The molecule has 15 heteroatoms. The molecule has 3 unspecified atom stereocenters. The molecule has 2 aromatic heterocycles. The summed E-state index contributed by atoms with van der Waals surface area (Å²) in [7, 11) is 1.92. The predicted octanol–water partition coefficient (Wildman–Crippen LogP) is 4.44. The van der Waals surface area contributed by atoms with Crippen LogP contribution in [0.1, 0.15) is 82.9 Å². The maximum atomic E-state index is 14.3. The average molecular weight is 752 g/mol. The van der Waals surface area contributed by atoms with Gasteiger partial charge in [0.15, 0.2) is 0 Å². The van der Waals surface area contributed by atoms with Crippen molar-refractivity contribution in [1.82, 2.24) is 35.8 Å². The number of hydrogen-bond donors (Lipinski definition) is 5. The van der Waals surface area contributed by atoms with Crippen molar-refractivity contribution in [2.45, 2.75) is 103 Å². The number of carbonyl (C=O) groups is 4. The number of aromatic nitrogens is 2. The Morgan fingerprint density at radius 2 is 1.48 bits per heavy atom. The van der Waals surface area contributed by atoms with E-state index in [1.807, 2.05) is 55.9 Å². The number of esters is 1. The van der Waals surface area contributed by atoms with Gasteiger partial charge in [-0.25, -0.2) is 9.59 Å². The third kappa shape index (κ3) is 13.7. The van der Waals surface area contributed by atoms with Crippen molar-refractivity contribution in [3.8, 4) is 0 Å². The summed E-state index contributed by atoms with van der Waals surface area (Å²) in [6.07, 6.45) is 10.6. The Labute approximate surface area is 317 Å². The number of unbranched alkanes of at least 4 members (excludes halogenated alkanes) is 3. The molecule has 4 rings (SSSR count). The lowest BCUT2D eigenvalue weighted by atomic mass is 10.0. The molecule has 1 aromatic carbocycles. The molecule has 0 aliphatic carbocycles. The highest BCUT2D eigenvalue weighted by molar-refractivity contribution is 5.94. The number of para-hydroxylation sites is 1. The quantitative estimate of drug-likeness (QED) is 0.0628. The van der Waals surface area contributed by atoms with Crippen LogP contribution in [0.5, 0.6) is 0 Å². The highest BCUT2D eigenvalue weighted by atomic mass is 17.1. The predicted molar refractivity (Wildman–Crippen MR) is 201 cm³/mol. The Kier molecular flexibility index (Phi) is 17.2. The maximum Gasteiger partial charge on any atom is 0.329 e. The third-order valence-electron chi connectivity index (χ3n) is 9.48. The monoisotopic (exact) mass is 751 g/mol. The number of nitrogens with zero attached hydrogens (tertiary/aromatic N) is 4. The van der Waals surface area contributed by atoms with Gasteiger partial charge in [-0.05, 0) is 68.2 Å². The van der Waals surface area contributed by atoms with Gasteiger partial charge in [0.2, 0.25) is 11.8 Å². The molecule has 15 nitrogen and oxygen atoms in total. The van der Waals surface area contributed by atoms with Gasteiger partial charge in [-0.2, -0.15) is 0 Å². The molecule has 296 valence electrons. The Bertz CT molecular complexity index is 1630. The van der Waals surface area contributed by atoms with Crippen molar-refractivity contribution < 1.29 is 39.2 Å². The van der Waals surface area contributed by atoms with Crippen molar-refractivity contribution in [3.05, 3.63) is 66.1 Å². The molecule has 0 radical (unpaired) electrons. The summed E-state index contributed by atoms with van der Waals surface area (Å²) in [4.78, 5) is 65.9. The summed E-state index contributed by atoms with van der Waals surface area (Å²) < 4.78 is 7.58. The zero-order valence-electron chi connectivity index (χ0n) is 31.7. The first-order valence-corrected chi connectivity index (χ1v) is 19.1. The van der Waals surface area contributed by atoms with E-state index >= 15 is 0 Å². The zero-order valence-corrected chi connectivity index (χ0v) is 31.7. The van der Waals surface area contributed by atoms with E-state index in [-0.39, 0.29) is 43.4 Å². The van der Waals surface area contributed by atoms with Gasteiger partial charge in [-0.15, -0.1) is 0 Å². The lowest BCUT2D eigenvalue weighted by molar-refractivity contribution is -0.492. The average Bonchev–Trinajstić information content (AvgIpc) is 3.28. The van der Waals surface area contributed by atoms with Gasteiger partial charge in [0, 0.05) is 62.0 Å². The first kappa shape index (κ1) is 42.2. The summed E-state index contributed by atoms with van der Waals surface area (Å²) in [5, 5.41) is 26.7. The first-order chi connectivity index (χ1) is 26.0. The molecule has 1 aliphatic heterocycles. The fourth-order valence-corrected chi connectivity index (χ4v) is 6.68. The maximum absolute atomic E-state index is 14.3. The van der Waals surface area contributed by atoms with Crippen LogP contribution in [-0.2, 0) is 43.8 Å². The van der Waals surface area contributed by atoms with E-state index in [1.165, 1.54) is 0 Å². The molecule has 1 aliphatic rings. The molecular weight excluding hydrogens is 694 g/mol. The largest absolute Gasteiger partial charge is 0.464 e. The van der Waals surface area contributed by atoms with Crippen LogP contribution in [0.25, 0.3) is 10.9 Å². The van der Waals surface area contributed by atoms with E-state index in [0.717, 1.165) is 42.1 Å². The van der Waals surface area contributed by atoms with E-state index in [1.54, 1.807) is 29.3 Å². The summed E-state index contributed by atoms with van der Waals surface area (Å²) >= 11 is 0. The van der Waals surface area contributed by atoms with E-state index in [0.29, 0.717) is 50.9 Å². The van der Waals surface area contributed by atoms with Gasteiger partial charge in [0.05, 0.1) is 18.6 Å². The first-order valence-electron chi connectivity index (χ1n) is 19.1. The molecule has 1 saturated heterocycles. The number of likely N-dealkylation sites (tertiary alicyclic amines) is 1. The smallest absolute Gasteiger partial charge is 0.329 e. The van der Waals surface area contributed by atoms with E-state index in [9.17, 15) is 19.2 Å². The Morgan fingerprint density at radius 1 is 0.815 bits per heavy atom. The lowest BCUT2D eigenvalue weighted by Gasteiger charge is -2.28. The molecule has 0 bridgehead atoms. The Balaban J connectivity index is 1.52. The minimum atomic E-state index is -1.10. The zero-order chi connectivity index (χ0) is 38.9. The minimum absolute atomic E-state index is 0.0678. The van der Waals surface area contributed by atoms with Crippen LogP contribution in [0.15, 0.2) is 54.9 Å². The summed E-state index contributed by atoms with van der Waals surface area (Å²) in [6, 6.07) is 9.75. The van der Waals surface area contributed by atoms with Gasteiger partial charge in [0.25, 0.3) is 0 Å². The normalized spacial score (nSPS) is 15.1. The number of amides is 4. The van der Waals surface area contributed by atoms with E-state index < -0.39 is 35.9 Å². The van der Waals surface area contributed by atoms with Gasteiger partial charge in [-0.3, -0.25) is 29.8 Å². The molecular formula is C39H57N7O8. The van der Waals surface area contributed by atoms with Crippen LogP contribution in [0, 0.1) is 5.92 Å². The number of rotatable bonds is 20. The van der Waals surface area contributed by atoms with Crippen molar-refractivity contribution in [2.24, 2.45) is 13.0 Å². The molecule has 4 amide bonds. The second-order valence-corrected chi connectivity index (χ2v) is 14.3. The second kappa shape index (κ2) is 22.0. The molecule has 0 saturated carbocycles. The molecule has 5 N–H and O–H groups in total. The van der Waals surface area contributed by atoms with Crippen molar-refractivity contribution in [1.29, 1.82) is 0 Å². The molecule has 1 fully saturated rings. The molecule has 3 atom stereocenters. The van der Waals surface area contributed by atoms with E-state index in [4.69, 9.17) is 15.2 Å². The van der Waals surface area contributed by atoms with Gasteiger partial charge >= 0.3 is 12.0 Å². The van der Waals surface area contributed by atoms with Gasteiger partial charge in [0.1, 0.15) is 18.1 Å². The van der Waals surface area contributed by atoms with Gasteiger partial charge in [-0.1, -0.05) is 57.4 Å². The van der Waals surface area contributed by atoms with Crippen molar-refractivity contribution >= 4 is 34.7 Å². The fraction of sp³-hybridized carbons (Fsp3) is 0.564. The number of urea groups is 1. The van der Waals surface area contributed by atoms with Crippen LogP contribution in [0.3, 0.4) is 0 Å². The molecule has 3 heterocycles. The third-order valence-corrected chi connectivity index (χ3v) is 9.48. The summed E-state index contributed by atoms with van der Waals surface area (Å²) in [5.74, 6) is -1.61. The van der Waals surface area contributed by atoms with Crippen molar-refractivity contribution in [3.63, 3.8) is 0 Å². The summed E-state index contributed by atoms with van der Waals surface area (Å²) in [6.45, 7) is 5.45. The highest BCUT2D eigenvalue weighted by Gasteiger charge is 2.32. The van der Waals surface area contributed by atoms with Crippen LogP contribution in [-0.4, -0.2) is 98.5 Å². The SMILES string of the molecule is CC(C)CC(NC(=O)N1CCCCCC1)C(=O)NC(Cc1cn(C)c2ccccc12)C(=O)NC(Cc1ccccn1)C(=O)OCCCCCCON(O)O. The van der Waals surface area contributed by atoms with Crippen LogP contribution < -0.4 is 16.0 Å². The van der Waals surface area contributed by atoms with Crippen molar-refractivity contribution in [2.75, 3.05) is 26.3 Å². The minimum Gasteiger partial charge on any atom is -0.464 e. The van der Waals surface area contributed by atoms with Crippen LogP contribution in [0.4, 0.5) is 4.79 Å². The number of aryl methyl sites for hydroxylation is 1. The number of hydrogen-bond acceptors (Lipinski definition) is 10. The standard InChI is InChI=1S/C39H57N7O8/c1-28(2)24-32(43-39(50)45-20-12-4-5-13-21-45)36(47)41-33(25-29-27-44(3)35-18-9-8-17-31(29)35)37(48)42-34(26-30-16-10-11-19-40-30)38(49)53-22-14-6-7-15-23-54-46(51)52/h8-11,16-19,27-28,32-34,51-52H,4-7,12-15,20-26H2,1-3H3,(H,41,47)(H,42,48)(H,43,50). The molecule has 3 aromatic rings. The van der Waals surface area contributed by atoms with E-state index in [2.05, 4.69) is 25.8 Å². The number of ether oxygens (including phenoxy) is 1. The van der Waals surface area contributed by atoms with Gasteiger partial charge < -0.3 is 30.2 Å². The fourth-order valence-electron chi connectivity index (χ4n) is 6.68.